The van der Waals surface area contributed by atoms with Crippen LogP contribution >= 0.6 is 0 Å². The summed E-state index contributed by atoms with van der Waals surface area (Å²) < 4.78 is 24.6. The number of nitrogens with zero attached hydrogens (tertiary/aromatic N) is 3. The molecule has 0 fully saturated rings. The molecule has 1 unspecified atom stereocenters. The van der Waals surface area contributed by atoms with Gasteiger partial charge in [0, 0.05) is 24.3 Å². The van der Waals surface area contributed by atoms with Crippen molar-refractivity contribution in [3.8, 4) is 5.69 Å². The van der Waals surface area contributed by atoms with Gasteiger partial charge in [0.2, 0.25) is 10.0 Å². The number of benzene rings is 2. The van der Waals surface area contributed by atoms with Crippen LogP contribution in [-0.2, 0) is 16.6 Å². The molecular weight excluding hydrogens is 348 g/mol. The zero-order valence-corrected chi connectivity index (χ0v) is 15.6. The summed E-state index contributed by atoms with van der Waals surface area (Å²) in [4.78, 5) is 2.30. The van der Waals surface area contributed by atoms with E-state index >= 15 is 0 Å². The molecule has 6 nitrogen and oxygen atoms in total. The Morgan fingerprint density at radius 2 is 1.77 bits per heavy atom. The molecule has 2 aromatic carbocycles. The first-order valence-electron chi connectivity index (χ1n) is 8.26. The monoisotopic (exact) mass is 370 g/mol. The average molecular weight is 370 g/mol. The third-order valence-corrected chi connectivity index (χ3v) is 5.37. The van der Waals surface area contributed by atoms with Crippen LogP contribution in [0.25, 0.3) is 5.69 Å². The first-order chi connectivity index (χ1) is 12.3. The molecule has 0 aliphatic rings. The lowest BCUT2D eigenvalue weighted by molar-refractivity contribution is 0.253. The first-order valence-corrected chi connectivity index (χ1v) is 9.81. The SMILES string of the molecule is CC(c1ccc(S(N)(=O)=O)cc1)N(C)Cc1cnn(-c2ccccc2)c1. The number of para-hydroxylation sites is 1. The summed E-state index contributed by atoms with van der Waals surface area (Å²) in [5.74, 6) is 0. The van der Waals surface area contributed by atoms with Gasteiger partial charge in [0.25, 0.3) is 0 Å². The van der Waals surface area contributed by atoms with E-state index < -0.39 is 10.0 Å². The molecule has 0 saturated heterocycles. The van der Waals surface area contributed by atoms with E-state index in [1.165, 1.54) is 0 Å². The molecule has 3 aromatic rings. The summed E-state index contributed by atoms with van der Waals surface area (Å²) in [6, 6.07) is 16.8. The second-order valence-electron chi connectivity index (χ2n) is 6.33. The minimum Gasteiger partial charge on any atom is -0.295 e. The van der Waals surface area contributed by atoms with E-state index in [2.05, 4.69) is 16.9 Å². The maximum absolute atomic E-state index is 11.4. The lowest BCUT2D eigenvalue weighted by Gasteiger charge is -2.24. The fourth-order valence-corrected chi connectivity index (χ4v) is 3.29. The lowest BCUT2D eigenvalue weighted by atomic mass is 10.1. The zero-order valence-electron chi connectivity index (χ0n) is 14.8. The highest BCUT2D eigenvalue weighted by Crippen LogP contribution is 2.22. The first kappa shape index (κ1) is 18.3. The zero-order chi connectivity index (χ0) is 18.7. The Balaban J connectivity index is 1.70. The molecule has 0 aliphatic carbocycles. The van der Waals surface area contributed by atoms with Crippen molar-refractivity contribution >= 4 is 10.0 Å². The quantitative estimate of drug-likeness (QED) is 0.723. The molecule has 7 heteroatoms. The molecule has 1 atom stereocenters. The highest BCUT2D eigenvalue weighted by molar-refractivity contribution is 7.89. The van der Waals surface area contributed by atoms with Crippen molar-refractivity contribution in [1.82, 2.24) is 14.7 Å². The number of nitrogens with two attached hydrogens (primary N) is 1. The van der Waals surface area contributed by atoms with Crippen molar-refractivity contribution in [3.05, 3.63) is 78.1 Å². The Morgan fingerprint density at radius 1 is 1.12 bits per heavy atom. The third kappa shape index (κ3) is 4.19. The summed E-state index contributed by atoms with van der Waals surface area (Å²) in [6.07, 6.45) is 3.88. The predicted octanol–water partition coefficient (Wildman–Crippen LogP) is 2.71. The van der Waals surface area contributed by atoms with Crippen LogP contribution < -0.4 is 5.14 Å². The molecule has 0 amide bonds. The Hall–Kier alpha value is -2.48. The van der Waals surface area contributed by atoms with Crippen molar-refractivity contribution in [1.29, 1.82) is 0 Å². The molecule has 0 bridgehead atoms. The van der Waals surface area contributed by atoms with Gasteiger partial charge in [-0.3, -0.25) is 4.90 Å². The van der Waals surface area contributed by atoms with E-state index in [1.54, 1.807) is 24.3 Å². The van der Waals surface area contributed by atoms with Crippen molar-refractivity contribution in [2.75, 3.05) is 7.05 Å². The van der Waals surface area contributed by atoms with Gasteiger partial charge in [-0.1, -0.05) is 30.3 Å². The molecule has 136 valence electrons. The molecule has 2 N–H and O–H groups in total. The second kappa shape index (κ2) is 7.41. The smallest absolute Gasteiger partial charge is 0.238 e. The van der Waals surface area contributed by atoms with Gasteiger partial charge >= 0.3 is 0 Å². The highest BCUT2D eigenvalue weighted by Gasteiger charge is 2.15. The van der Waals surface area contributed by atoms with Crippen LogP contribution in [-0.4, -0.2) is 30.1 Å². The number of aromatic nitrogens is 2. The van der Waals surface area contributed by atoms with Crippen LogP contribution in [0.2, 0.25) is 0 Å². The van der Waals surface area contributed by atoms with Gasteiger partial charge in [0.1, 0.15) is 0 Å². The van der Waals surface area contributed by atoms with Gasteiger partial charge in [0.05, 0.1) is 16.8 Å². The topological polar surface area (TPSA) is 81.2 Å². The van der Waals surface area contributed by atoms with Gasteiger partial charge in [-0.05, 0) is 43.8 Å². The molecule has 1 heterocycles. The highest BCUT2D eigenvalue weighted by atomic mass is 32.2. The lowest BCUT2D eigenvalue weighted by Crippen LogP contribution is -2.22. The number of rotatable bonds is 6. The molecule has 0 aliphatic heterocycles. The van der Waals surface area contributed by atoms with E-state index in [4.69, 9.17) is 5.14 Å². The van der Waals surface area contributed by atoms with Crippen molar-refractivity contribution in [2.24, 2.45) is 5.14 Å². The summed E-state index contributed by atoms with van der Waals surface area (Å²) in [7, 11) is -1.64. The van der Waals surface area contributed by atoms with E-state index in [-0.39, 0.29) is 10.9 Å². The fourth-order valence-electron chi connectivity index (χ4n) is 2.78. The van der Waals surface area contributed by atoms with Gasteiger partial charge < -0.3 is 0 Å². The van der Waals surface area contributed by atoms with Crippen LogP contribution in [0, 0.1) is 0 Å². The van der Waals surface area contributed by atoms with Crippen LogP contribution in [0.5, 0.6) is 0 Å². The maximum atomic E-state index is 11.4. The predicted molar refractivity (Wildman–Crippen MR) is 101 cm³/mol. The molecule has 0 radical (unpaired) electrons. The minimum absolute atomic E-state index is 0.115. The van der Waals surface area contributed by atoms with Gasteiger partial charge in [0.15, 0.2) is 0 Å². The fraction of sp³-hybridized carbons (Fsp3) is 0.211. The third-order valence-electron chi connectivity index (χ3n) is 4.44. The van der Waals surface area contributed by atoms with Crippen LogP contribution in [0.15, 0.2) is 71.9 Å². The van der Waals surface area contributed by atoms with E-state index in [0.29, 0.717) is 0 Å². The molecule has 1 aromatic heterocycles. The number of hydrogen-bond acceptors (Lipinski definition) is 4. The number of hydrogen-bond donors (Lipinski definition) is 1. The molecule has 0 saturated carbocycles. The van der Waals surface area contributed by atoms with E-state index in [9.17, 15) is 8.42 Å². The number of sulfonamides is 1. The molecule has 0 spiro atoms. The molecule has 26 heavy (non-hydrogen) atoms. The van der Waals surface area contributed by atoms with Gasteiger partial charge in [-0.25, -0.2) is 18.2 Å². The van der Waals surface area contributed by atoms with Crippen molar-refractivity contribution in [3.63, 3.8) is 0 Å². The molecule has 3 rings (SSSR count). The van der Waals surface area contributed by atoms with Crippen LogP contribution in [0.1, 0.15) is 24.1 Å². The van der Waals surface area contributed by atoms with Crippen molar-refractivity contribution < 1.29 is 8.42 Å². The normalized spacial score (nSPS) is 13.1. The van der Waals surface area contributed by atoms with Gasteiger partial charge in [-0.15, -0.1) is 0 Å². The van der Waals surface area contributed by atoms with Gasteiger partial charge in [-0.2, -0.15) is 5.10 Å². The van der Waals surface area contributed by atoms with Crippen molar-refractivity contribution in [2.45, 2.75) is 24.4 Å². The standard InChI is InChI=1S/C19H22N4O2S/c1-15(17-8-10-19(11-9-17)26(20,24)25)22(2)13-16-12-21-23(14-16)18-6-4-3-5-7-18/h3-12,14-15H,13H2,1-2H3,(H2,20,24,25). The Bertz CT molecular complexity index is 966. The largest absolute Gasteiger partial charge is 0.295 e. The Labute approximate surface area is 153 Å². The summed E-state index contributed by atoms with van der Waals surface area (Å²) >= 11 is 0. The Morgan fingerprint density at radius 3 is 2.38 bits per heavy atom. The molecular formula is C19H22N4O2S. The van der Waals surface area contributed by atoms with Crippen LogP contribution in [0.4, 0.5) is 0 Å². The summed E-state index contributed by atoms with van der Waals surface area (Å²) in [5, 5.41) is 9.57. The second-order valence-corrected chi connectivity index (χ2v) is 7.90. The average Bonchev–Trinajstić information content (AvgIpc) is 3.09. The van der Waals surface area contributed by atoms with Crippen LogP contribution in [0.3, 0.4) is 0 Å². The van der Waals surface area contributed by atoms with E-state index in [1.807, 2.05) is 54.5 Å². The summed E-state index contributed by atoms with van der Waals surface area (Å²) in [6.45, 7) is 2.80. The minimum atomic E-state index is -3.66. The number of primary sulfonamides is 1. The van der Waals surface area contributed by atoms with E-state index in [0.717, 1.165) is 23.4 Å². The summed E-state index contributed by atoms with van der Waals surface area (Å²) in [5.41, 5.74) is 3.15. The Kier molecular flexibility index (Phi) is 5.22. The maximum Gasteiger partial charge on any atom is 0.238 e.